The van der Waals surface area contributed by atoms with Crippen molar-refractivity contribution in [3.8, 4) is 11.1 Å². The van der Waals surface area contributed by atoms with Crippen LogP contribution in [-0.4, -0.2) is 11.0 Å². The summed E-state index contributed by atoms with van der Waals surface area (Å²) in [5.74, 6) is 0.995. The Labute approximate surface area is 117 Å². The van der Waals surface area contributed by atoms with E-state index in [1.807, 2.05) is 24.5 Å². The van der Waals surface area contributed by atoms with Crippen LogP contribution in [0.1, 0.15) is 18.6 Å². The molecule has 1 fully saturated rings. The minimum absolute atomic E-state index is 0.679. The molecule has 3 aromatic rings. The van der Waals surface area contributed by atoms with Crippen LogP contribution < -0.4 is 5.32 Å². The number of hydrogen-bond acceptors (Lipinski definition) is 3. The fourth-order valence-corrected chi connectivity index (χ4v) is 2.57. The molecule has 0 aliphatic heterocycles. The Balaban J connectivity index is 1.76. The molecular weight excluding hydrogens is 248 g/mol. The van der Waals surface area contributed by atoms with Gasteiger partial charge in [0.1, 0.15) is 5.76 Å². The van der Waals surface area contributed by atoms with E-state index in [-0.39, 0.29) is 0 Å². The minimum atomic E-state index is 0.679. The summed E-state index contributed by atoms with van der Waals surface area (Å²) in [4.78, 5) is 4.36. The Morgan fingerprint density at radius 1 is 1.10 bits per heavy atom. The van der Waals surface area contributed by atoms with Gasteiger partial charge in [-0.15, -0.1) is 0 Å². The predicted molar refractivity (Wildman–Crippen MR) is 79.3 cm³/mol. The first-order valence-corrected chi connectivity index (χ1v) is 7.05. The number of fused-ring (bicyclic) bond motifs is 1. The predicted octanol–water partition coefficient (Wildman–Crippen LogP) is 3.75. The number of furan rings is 1. The normalized spacial score (nSPS) is 14.8. The van der Waals surface area contributed by atoms with Gasteiger partial charge in [0.2, 0.25) is 0 Å². The summed E-state index contributed by atoms with van der Waals surface area (Å²) in [6, 6.07) is 11.0. The number of nitrogens with zero attached hydrogens (tertiary/aromatic N) is 1. The second-order valence-corrected chi connectivity index (χ2v) is 5.32. The molecule has 0 spiro atoms. The lowest BCUT2D eigenvalue weighted by atomic mass is 10.0. The van der Waals surface area contributed by atoms with Crippen molar-refractivity contribution < 1.29 is 4.42 Å². The fourth-order valence-electron chi connectivity index (χ4n) is 2.57. The van der Waals surface area contributed by atoms with Crippen LogP contribution in [0.25, 0.3) is 21.9 Å². The third kappa shape index (κ3) is 2.10. The summed E-state index contributed by atoms with van der Waals surface area (Å²) < 4.78 is 5.66. The van der Waals surface area contributed by atoms with Crippen LogP contribution >= 0.6 is 0 Å². The van der Waals surface area contributed by atoms with Crippen molar-refractivity contribution in [1.82, 2.24) is 10.3 Å². The summed E-state index contributed by atoms with van der Waals surface area (Å²) in [5.41, 5.74) is 2.28. The molecule has 0 bridgehead atoms. The molecule has 20 heavy (non-hydrogen) atoms. The monoisotopic (exact) mass is 264 g/mol. The molecule has 2 heterocycles. The maximum absolute atomic E-state index is 5.66. The molecule has 4 rings (SSSR count). The van der Waals surface area contributed by atoms with E-state index in [9.17, 15) is 0 Å². The van der Waals surface area contributed by atoms with Gasteiger partial charge in [-0.1, -0.05) is 24.3 Å². The molecule has 100 valence electrons. The molecule has 1 saturated carbocycles. The lowest BCUT2D eigenvalue weighted by molar-refractivity contribution is 0.483. The topological polar surface area (TPSA) is 38.1 Å². The van der Waals surface area contributed by atoms with Crippen molar-refractivity contribution in [1.29, 1.82) is 0 Å². The molecule has 1 N–H and O–H groups in total. The van der Waals surface area contributed by atoms with Gasteiger partial charge < -0.3 is 9.73 Å². The van der Waals surface area contributed by atoms with E-state index in [0.29, 0.717) is 6.04 Å². The molecule has 2 aromatic heterocycles. The molecular formula is C17H16N2O. The average molecular weight is 264 g/mol. The SMILES string of the molecule is c1ccc2c(-c3ccoc3CNC3CC3)cncc2c1. The van der Waals surface area contributed by atoms with E-state index in [1.165, 1.54) is 18.2 Å². The van der Waals surface area contributed by atoms with Crippen molar-refractivity contribution in [3.05, 3.63) is 54.7 Å². The Kier molecular flexibility index (Phi) is 2.78. The lowest BCUT2D eigenvalue weighted by Crippen LogP contribution is -2.15. The molecule has 0 radical (unpaired) electrons. The summed E-state index contributed by atoms with van der Waals surface area (Å²) in [5, 5.41) is 5.88. The summed E-state index contributed by atoms with van der Waals surface area (Å²) in [7, 11) is 0. The molecule has 0 amide bonds. The van der Waals surface area contributed by atoms with Crippen LogP contribution in [0.4, 0.5) is 0 Å². The van der Waals surface area contributed by atoms with Crippen molar-refractivity contribution in [2.24, 2.45) is 0 Å². The van der Waals surface area contributed by atoms with Gasteiger partial charge in [0.25, 0.3) is 0 Å². The van der Waals surface area contributed by atoms with Crippen LogP contribution in [0.5, 0.6) is 0 Å². The molecule has 0 unspecified atom stereocenters. The Bertz CT molecular complexity index is 738. The van der Waals surface area contributed by atoms with Crippen LogP contribution in [-0.2, 0) is 6.54 Å². The molecule has 1 aromatic carbocycles. The molecule has 0 atom stereocenters. The lowest BCUT2D eigenvalue weighted by Gasteiger charge is -2.07. The van der Waals surface area contributed by atoms with Gasteiger partial charge in [0.05, 0.1) is 12.8 Å². The third-order valence-corrected chi connectivity index (χ3v) is 3.83. The largest absolute Gasteiger partial charge is 0.467 e. The third-order valence-electron chi connectivity index (χ3n) is 3.83. The molecule has 1 aliphatic rings. The highest BCUT2D eigenvalue weighted by Gasteiger charge is 2.21. The number of nitrogens with one attached hydrogen (secondary N) is 1. The van der Waals surface area contributed by atoms with Crippen LogP contribution in [0, 0.1) is 0 Å². The van der Waals surface area contributed by atoms with Crippen molar-refractivity contribution in [3.63, 3.8) is 0 Å². The number of pyridine rings is 1. The maximum Gasteiger partial charge on any atom is 0.125 e. The highest BCUT2D eigenvalue weighted by molar-refractivity contribution is 5.96. The van der Waals surface area contributed by atoms with Gasteiger partial charge in [-0.2, -0.15) is 0 Å². The fraction of sp³-hybridized carbons (Fsp3) is 0.235. The van der Waals surface area contributed by atoms with Crippen LogP contribution in [0.15, 0.2) is 53.4 Å². The van der Waals surface area contributed by atoms with Gasteiger partial charge >= 0.3 is 0 Å². The van der Waals surface area contributed by atoms with Crippen LogP contribution in [0.3, 0.4) is 0 Å². The zero-order valence-corrected chi connectivity index (χ0v) is 11.2. The Morgan fingerprint density at radius 2 is 2.00 bits per heavy atom. The van der Waals surface area contributed by atoms with E-state index in [4.69, 9.17) is 4.42 Å². The van der Waals surface area contributed by atoms with E-state index in [0.717, 1.165) is 28.8 Å². The minimum Gasteiger partial charge on any atom is -0.467 e. The summed E-state index contributed by atoms with van der Waals surface area (Å²) in [6.45, 7) is 0.788. The van der Waals surface area contributed by atoms with E-state index >= 15 is 0 Å². The van der Waals surface area contributed by atoms with Gasteiger partial charge in [0, 0.05) is 34.9 Å². The summed E-state index contributed by atoms with van der Waals surface area (Å²) in [6.07, 6.45) is 8.16. The highest BCUT2D eigenvalue weighted by atomic mass is 16.3. The molecule has 3 heteroatoms. The Morgan fingerprint density at radius 3 is 2.90 bits per heavy atom. The standard InChI is InChI=1S/C17H16N2O/c1-2-4-14-12(3-1)9-18-10-16(14)15-7-8-20-17(15)11-19-13-5-6-13/h1-4,7-10,13,19H,5-6,11H2. The van der Waals surface area contributed by atoms with Gasteiger partial charge in [-0.05, 0) is 24.3 Å². The van der Waals surface area contributed by atoms with Crippen LogP contribution in [0.2, 0.25) is 0 Å². The van der Waals surface area contributed by atoms with E-state index < -0.39 is 0 Å². The first-order valence-electron chi connectivity index (χ1n) is 7.05. The first kappa shape index (κ1) is 11.7. The summed E-state index contributed by atoms with van der Waals surface area (Å²) >= 11 is 0. The smallest absolute Gasteiger partial charge is 0.125 e. The second-order valence-electron chi connectivity index (χ2n) is 5.32. The van der Waals surface area contributed by atoms with E-state index in [2.05, 4.69) is 28.5 Å². The number of hydrogen-bond donors (Lipinski definition) is 1. The van der Waals surface area contributed by atoms with Crippen molar-refractivity contribution >= 4 is 10.8 Å². The highest BCUT2D eigenvalue weighted by Crippen LogP contribution is 2.31. The molecule has 1 aliphatic carbocycles. The molecule has 3 nitrogen and oxygen atoms in total. The first-order chi connectivity index (χ1) is 9.92. The van der Waals surface area contributed by atoms with Gasteiger partial charge in [-0.3, -0.25) is 4.98 Å². The van der Waals surface area contributed by atoms with Crippen molar-refractivity contribution in [2.45, 2.75) is 25.4 Å². The zero-order valence-electron chi connectivity index (χ0n) is 11.2. The van der Waals surface area contributed by atoms with E-state index in [1.54, 1.807) is 6.26 Å². The maximum atomic E-state index is 5.66. The molecule has 0 saturated heterocycles. The van der Waals surface area contributed by atoms with Gasteiger partial charge in [0.15, 0.2) is 0 Å². The van der Waals surface area contributed by atoms with Gasteiger partial charge in [-0.25, -0.2) is 0 Å². The second kappa shape index (κ2) is 4.76. The number of benzene rings is 1. The quantitative estimate of drug-likeness (QED) is 0.780. The number of rotatable bonds is 4. The zero-order chi connectivity index (χ0) is 13.4. The Hall–Kier alpha value is -2.13. The number of aromatic nitrogens is 1. The average Bonchev–Trinajstić information content (AvgIpc) is 3.21. The van der Waals surface area contributed by atoms with Crippen molar-refractivity contribution in [2.75, 3.05) is 0 Å².